The second-order valence-electron chi connectivity index (χ2n) is 10.2. The number of aryl methyl sites for hydroxylation is 2. The molecule has 0 radical (unpaired) electrons. The number of aromatic nitrogens is 7. The van der Waals surface area contributed by atoms with Gasteiger partial charge in [-0.3, -0.25) is 4.68 Å². The fourth-order valence-corrected chi connectivity index (χ4v) is 4.58. The second-order valence-corrected chi connectivity index (χ2v) is 10.2. The summed E-state index contributed by atoms with van der Waals surface area (Å²) in [4.78, 5) is 19.7. The largest absolute Gasteiger partial charge is 0.444 e. The summed E-state index contributed by atoms with van der Waals surface area (Å²) in [6.07, 6.45) is 8.90. The van der Waals surface area contributed by atoms with E-state index in [1.807, 2.05) is 74.7 Å². The van der Waals surface area contributed by atoms with Gasteiger partial charge >= 0.3 is 6.09 Å². The maximum atomic E-state index is 12.8. The number of likely N-dealkylation sites (tertiary alicyclic amines) is 1. The van der Waals surface area contributed by atoms with Gasteiger partial charge in [-0.05, 0) is 40.5 Å². The van der Waals surface area contributed by atoms with Crippen molar-refractivity contribution in [1.82, 2.24) is 39.1 Å². The molecule has 1 unspecified atom stereocenters. The van der Waals surface area contributed by atoms with E-state index in [1.165, 1.54) is 0 Å². The highest BCUT2D eigenvalue weighted by Crippen LogP contribution is 2.32. The Bertz CT molecular complexity index is 1380. The van der Waals surface area contributed by atoms with Crippen LogP contribution in [0, 0.1) is 0 Å². The van der Waals surface area contributed by atoms with Crippen LogP contribution in [0.4, 0.5) is 16.4 Å². The molecule has 0 aliphatic carbocycles. The quantitative estimate of drug-likeness (QED) is 0.446. The molecule has 1 N–H and O–H groups in total. The van der Waals surface area contributed by atoms with E-state index < -0.39 is 5.60 Å². The number of carbonyl (C=O) groups excluding carboxylic acids is 1. The summed E-state index contributed by atoms with van der Waals surface area (Å²) in [5.41, 5.74) is 2.96. The predicted octanol–water partition coefficient (Wildman–Crippen LogP) is 4.20. The van der Waals surface area contributed by atoms with Crippen LogP contribution in [0.1, 0.15) is 52.1 Å². The van der Waals surface area contributed by atoms with Gasteiger partial charge in [-0.1, -0.05) is 0 Å². The molecule has 1 aliphatic rings. The summed E-state index contributed by atoms with van der Waals surface area (Å²) in [6.45, 7) is 9.70. The summed E-state index contributed by atoms with van der Waals surface area (Å²) in [5, 5.41) is 16.8. The monoisotopic (exact) mass is 491 g/mol. The zero-order chi connectivity index (χ0) is 25.4. The molecule has 0 spiro atoms. The zero-order valence-electron chi connectivity index (χ0n) is 21.5. The molecule has 190 valence electrons. The first-order valence-electron chi connectivity index (χ1n) is 12.4. The number of hydrogen-bond acceptors (Lipinski definition) is 7. The molecule has 0 saturated carbocycles. The lowest BCUT2D eigenvalue weighted by molar-refractivity contribution is 0.0197. The molecule has 1 fully saturated rings. The van der Waals surface area contributed by atoms with Gasteiger partial charge in [-0.25, -0.2) is 14.5 Å². The number of fused-ring (bicyclic) bond motifs is 1. The van der Waals surface area contributed by atoms with Crippen LogP contribution in [-0.4, -0.2) is 63.8 Å². The minimum Gasteiger partial charge on any atom is -0.444 e. The van der Waals surface area contributed by atoms with Gasteiger partial charge in [-0.2, -0.15) is 19.8 Å². The number of rotatable bonds is 5. The number of amides is 1. The fraction of sp³-hybridized carbons (Fsp3) is 0.480. The first-order chi connectivity index (χ1) is 17.2. The van der Waals surface area contributed by atoms with Crippen molar-refractivity contribution >= 4 is 23.4 Å². The topological polar surface area (TPSA) is 107 Å². The van der Waals surface area contributed by atoms with E-state index >= 15 is 0 Å². The first kappa shape index (κ1) is 23.8. The normalized spacial score (nSPS) is 16.5. The lowest BCUT2D eigenvalue weighted by Crippen LogP contribution is -2.42. The number of nitrogens with zero attached hydrogens (tertiary/aromatic N) is 8. The van der Waals surface area contributed by atoms with Gasteiger partial charge in [0.15, 0.2) is 5.65 Å². The van der Waals surface area contributed by atoms with E-state index in [-0.39, 0.29) is 12.0 Å². The summed E-state index contributed by atoms with van der Waals surface area (Å²) in [5.74, 6) is 1.73. The van der Waals surface area contributed by atoms with E-state index in [0.29, 0.717) is 13.1 Å². The SMILES string of the molecule is CCn1nccc1Nc1cc(C2CCCN(C(=O)OC(C)(C)C)C2)nc2c(-c3cnn(C)c3)cnn12. The fourth-order valence-electron chi connectivity index (χ4n) is 4.58. The molecule has 4 aromatic heterocycles. The van der Waals surface area contributed by atoms with Crippen LogP contribution in [0.3, 0.4) is 0 Å². The Morgan fingerprint density at radius 1 is 1.19 bits per heavy atom. The summed E-state index contributed by atoms with van der Waals surface area (Å²) < 4.78 is 11.1. The smallest absolute Gasteiger partial charge is 0.410 e. The molecule has 5 heterocycles. The third kappa shape index (κ3) is 4.77. The lowest BCUT2D eigenvalue weighted by atomic mass is 9.94. The second kappa shape index (κ2) is 9.29. The lowest BCUT2D eigenvalue weighted by Gasteiger charge is -2.34. The Morgan fingerprint density at radius 2 is 2.03 bits per heavy atom. The van der Waals surface area contributed by atoms with Crippen LogP contribution in [0.5, 0.6) is 0 Å². The van der Waals surface area contributed by atoms with Gasteiger partial charge in [0.25, 0.3) is 0 Å². The summed E-state index contributed by atoms with van der Waals surface area (Å²) >= 11 is 0. The van der Waals surface area contributed by atoms with Gasteiger partial charge in [-0.15, -0.1) is 0 Å². The highest BCUT2D eigenvalue weighted by atomic mass is 16.6. The van der Waals surface area contributed by atoms with Crippen molar-refractivity contribution in [2.75, 3.05) is 18.4 Å². The van der Waals surface area contributed by atoms with Crippen LogP contribution in [0.15, 0.2) is 36.9 Å². The third-order valence-corrected chi connectivity index (χ3v) is 6.27. The van der Waals surface area contributed by atoms with Crippen molar-refractivity contribution in [2.24, 2.45) is 7.05 Å². The molecule has 11 heteroatoms. The standard InChI is InChI=1S/C25H33N9O2/c1-6-33-21(9-10-26-33)30-22-12-20(17-8-7-11-32(16-17)24(35)36-25(2,3)4)29-23-19(14-28-34(22)23)18-13-27-31(5)15-18/h9-10,12-15,17,30H,6-8,11,16H2,1-5H3. The molecule has 5 rings (SSSR count). The van der Waals surface area contributed by atoms with Gasteiger partial charge in [0, 0.05) is 62.1 Å². The number of hydrogen-bond donors (Lipinski definition) is 1. The van der Waals surface area contributed by atoms with Crippen molar-refractivity contribution in [3.8, 4) is 11.1 Å². The average molecular weight is 492 g/mol. The molecule has 36 heavy (non-hydrogen) atoms. The summed E-state index contributed by atoms with van der Waals surface area (Å²) in [7, 11) is 1.89. The number of carbonyl (C=O) groups is 1. The molecule has 1 amide bonds. The average Bonchev–Trinajstić information content (AvgIpc) is 3.57. The highest BCUT2D eigenvalue weighted by Gasteiger charge is 2.30. The minimum atomic E-state index is -0.531. The first-order valence-corrected chi connectivity index (χ1v) is 12.4. The van der Waals surface area contributed by atoms with Crippen molar-refractivity contribution in [1.29, 1.82) is 0 Å². The molecular weight excluding hydrogens is 458 g/mol. The van der Waals surface area contributed by atoms with Crippen LogP contribution < -0.4 is 5.32 Å². The van der Waals surface area contributed by atoms with Crippen molar-refractivity contribution < 1.29 is 9.53 Å². The molecule has 0 bridgehead atoms. The Morgan fingerprint density at radius 3 is 2.75 bits per heavy atom. The molecule has 0 aromatic carbocycles. The van der Waals surface area contributed by atoms with Crippen molar-refractivity contribution in [2.45, 2.75) is 58.6 Å². The van der Waals surface area contributed by atoms with Crippen LogP contribution in [0.2, 0.25) is 0 Å². The maximum absolute atomic E-state index is 12.8. The number of ether oxygens (including phenoxy) is 1. The predicted molar refractivity (Wildman–Crippen MR) is 136 cm³/mol. The van der Waals surface area contributed by atoms with Crippen molar-refractivity contribution in [3.05, 3.63) is 42.6 Å². The molecule has 1 atom stereocenters. The van der Waals surface area contributed by atoms with Crippen LogP contribution in [-0.2, 0) is 18.3 Å². The maximum Gasteiger partial charge on any atom is 0.410 e. The van der Waals surface area contributed by atoms with E-state index in [4.69, 9.17) is 9.72 Å². The number of anilines is 2. The van der Waals surface area contributed by atoms with E-state index in [0.717, 1.165) is 53.5 Å². The van der Waals surface area contributed by atoms with E-state index in [2.05, 4.69) is 20.6 Å². The molecular formula is C25H33N9O2. The summed E-state index contributed by atoms with van der Waals surface area (Å²) in [6, 6.07) is 3.97. The Balaban J connectivity index is 1.54. The molecule has 11 nitrogen and oxygen atoms in total. The van der Waals surface area contributed by atoms with E-state index in [9.17, 15) is 4.79 Å². The van der Waals surface area contributed by atoms with Gasteiger partial charge in [0.2, 0.25) is 0 Å². The van der Waals surface area contributed by atoms with Gasteiger partial charge in [0.05, 0.1) is 24.3 Å². The van der Waals surface area contributed by atoms with E-state index in [1.54, 1.807) is 15.8 Å². The zero-order valence-corrected chi connectivity index (χ0v) is 21.5. The molecule has 1 saturated heterocycles. The van der Waals surface area contributed by atoms with Crippen LogP contribution >= 0.6 is 0 Å². The molecule has 1 aliphatic heterocycles. The van der Waals surface area contributed by atoms with Gasteiger partial charge < -0.3 is 15.0 Å². The van der Waals surface area contributed by atoms with Crippen molar-refractivity contribution in [3.63, 3.8) is 0 Å². The Hall–Kier alpha value is -3.89. The van der Waals surface area contributed by atoms with Crippen LogP contribution in [0.25, 0.3) is 16.8 Å². The molecule has 4 aromatic rings. The Kier molecular flexibility index (Phi) is 6.15. The minimum absolute atomic E-state index is 0.0737. The third-order valence-electron chi connectivity index (χ3n) is 6.27. The number of nitrogens with one attached hydrogen (secondary N) is 1. The highest BCUT2D eigenvalue weighted by molar-refractivity contribution is 5.78. The Labute approximate surface area is 210 Å². The number of piperidine rings is 1. The van der Waals surface area contributed by atoms with Gasteiger partial charge in [0.1, 0.15) is 17.2 Å².